The molecular formula is C11H14N4O2. The lowest BCUT2D eigenvalue weighted by atomic mass is 10.3. The average Bonchev–Trinajstić information content (AvgIpc) is 2.36. The van der Waals surface area contributed by atoms with Crippen LogP contribution in [0.25, 0.3) is 11.0 Å². The van der Waals surface area contributed by atoms with Gasteiger partial charge in [-0.3, -0.25) is 0 Å². The number of ether oxygens (including phenoxy) is 1. The lowest BCUT2D eigenvalue weighted by Crippen LogP contribution is -2.24. The first kappa shape index (κ1) is 11.7. The zero-order chi connectivity index (χ0) is 12.1. The molecule has 0 aliphatic carbocycles. The van der Waals surface area contributed by atoms with Gasteiger partial charge in [-0.05, 0) is 12.1 Å². The second-order valence-corrected chi connectivity index (χ2v) is 3.59. The lowest BCUT2D eigenvalue weighted by Gasteiger charge is -2.11. The number of aliphatic hydroxyl groups is 1. The Morgan fingerprint density at radius 2 is 2.29 bits per heavy atom. The molecule has 6 nitrogen and oxygen atoms in total. The van der Waals surface area contributed by atoms with Crippen molar-refractivity contribution in [1.82, 2.24) is 15.0 Å². The normalized spacial score (nSPS) is 12.6. The molecule has 1 unspecified atom stereocenters. The van der Waals surface area contributed by atoms with Gasteiger partial charge in [0.15, 0.2) is 5.65 Å². The second-order valence-electron chi connectivity index (χ2n) is 3.59. The van der Waals surface area contributed by atoms with Crippen LogP contribution in [0, 0.1) is 0 Å². The van der Waals surface area contributed by atoms with Crippen LogP contribution in [-0.4, -0.2) is 46.4 Å². The Labute approximate surface area is 98.7 Å². The number of pyridine rings is 1. The third kappa shape index (κ3) is 2.86. The van der Waals surface area contributed by atoms with Gasteiger partial charge in [0, 0.05) is 19.9 Å². The minimum absolute atomic E-state index is 0.286. The Morgan fingerprint density at radius 1 is 1.41 bits per heavy atom. The van der Waals surface area contributed by atoms with Crippen molar-refractivity contribution >= 4 is 16.9 Å². The van der Waals surface area contributed by atoms with Crippen LogP contribution in [-0.2, 0) is 4.74 Å². The number of nitrogens with one attached hydrogen (secondary N) is 1. The van der Waals surface area contributed by atoms with E-state index in [0.717, 1.165) is 5.39 Å². The minimum Gasteiger partial charge on any atom is -0.389 e. The van der Waals surface area contributed by atoms with Gasteiger partial charge in [-0.1, -0.05) is 0 Å². The van der Waals surface area contributed by atoms with Gasteiger partial charge in [0.05, 0.1) is 18.1 Å². The molecule has 0 aliphatic rings. The molecule has 0 amide bonds. The van der Waals surface area contributed by atoms with Gasteiger partial charge in [-0.2, -0.15) is 0 Å². The van der Waals surface area contributed by atoms with Gasteiger partial charge in [-0.25, -0.2) is 15.0 Å². The maximum absolute atomic E-state index is 9.54. The number of aromatic nitrogens is 3. The molecule has 6 heteroatoms. The summed E-state index contributed by atoms with van der Waals surface area (Å²) in [4.78, 5) is 12.3. The molecule has 0 aliphatic heterocycles. The van der Waals surface area contributed by atoms with Crippen molar-refractivity contribution in [2.45, 2.75) is 6.10 Å². The quantitative estimate of drug-likeness (QED) is 0.781. The Morgan fingerprint density at radius 3 is 3.12 bits per heavy atom. The maximum Gasteiger partial charge on any atom is 0.164 e. The van der Waals surface area contributed by atoms with Gasteiger partial charge in [-0.15, -0.1) is 0 Å². The zero-order valence-corrected chi connectivity index (χ0v) is 9.50. The molecule has 2 aromatic rings. The minimum atomic E-state index is -0.568. The van der Waals surface area contributed by atoms with E-state index in [4.69, 9.17) is 4.74 Å². The van der Waals surface area contributed by atoms with E-state index in [1.807, 2.05) is 12.1 Å². The molecule has 0 fully saturated rings. The van der Waals surface area contributed by atoms with Crippen molar-refractivity contribution in [3.05, 3.63) is 24.7 Å². The fraction of sp³-hybridized carbons (Fsp3) is 0.364. The number of hydrogen-bond acceptors (Lipinski definition) is 6. The summed E-state index contributed by atoms with van der Waals surface area (Å²) in [5.41, 5.74) is 0.631. The number of anilines is 1. The Kier molecular flexibility index (Phi) is 3.79. The summed E-state index contributed by atoms with van der Waals surface area (Å²) in [6, 6.07) is 3.70. The largest absolute Gasteiger partial charge is 0.389 e. The van der Waals surface area contributed by atoms with Crippen molar-refractivity contribution in [3.8, 4) is 0 Å². The first-order chi connectivity index (χ1) is 8.31. The highest BCUT2D eigenvalue weighted by Crippen LogP contribution is 2.16. The topological polar surface area (TPSA) is 80.2 Å². The predicted octanol–water partition coefficient (Wildman–Crippen LogP) is 0.444. The first-order valence-electron chi connectivity index (χ1n) is 5.28. The summed E-state index contributed by atoms with van der Waals surface area (Å²) in [6.07, 6.45) is 2.56. The predicted molar refractivity (Wildman–Crippen MR) is 63.7 cm³/mol. The van der Waals surface area contributed by atoms with Gasteiger partial charge < -0.3 is 15.2 Å². The summed E-state index contributed by atoms with van der Waals surface area (Å²) >= 11 is 0. The van der Waals surface area contributed by atoms with Crippen molar-refractivity contribution in [1.29, 1.82) is 0 Å². The van der Waals surface area contributed by atoms with Crippen LogP contribution < -0.4 is 5.32 Å². The summed E-state index contributed by atoms with van der Waals surface area (Å²) in [6.45, 7) is 0.656. The van der Waals surface area contributed by atoms with Crippen molar-refractivity contribution < 1.29 is 9.84 Å². The summed E-state index contributed by atoms with van der Waals surface area (Å²) in [5, 5.41) is 13.4. The standard InChI is InChI=1S/C11H14N4O2/c1-17-6-8(16)5-13-11-9-3-2-4-12-10(9)14-7-15-11/h2-4,7-8,16H,5-6H2,1H3,(H,12,13,14,15). The molecule has 1 atom stereocenters. The number of fused-ring (bicyclic) bond motifs is 1. The van der Waals surface area contributed by atoms with Crippen molar-refractivity contribution in [2.24, 2.45) is 0 Å². The van der Waals surface area contributed by atoms with E-state index in [0.29, 0.717) is 18.0 Å². The smallest absolute Gasteiger partial charge is 0.164 e. The molecular weight excluding hydrogens is 220 g/mol. The Hall–Kier alpha value is -1.79. The third-order valence-electron chi connectivity index (χ3n) is 2.27. The molecule has 90 valence electrons. The van der Waals surface area contributed by atoms with Gasteiger partial charge in [0.1, 0.15) is 12.1 Å². The van der Waals surface area contributed by atoms with Crippen molar-refractivity contribution in [2.75, 3.05) is 25.6 Å². The van der Waals surface area contributed by atoms with Crippen LogP contribution in [0.3, 0.4) is 0 Å². The second kappa shape index (κ2) is 5.51. The van der Waals surface area contributed by atoms with E-state index in [1.165, 1.54) is 6.33 Å². The third-order valence-corrected chi connectivity index (χ3v) is 2.27. The van der Waals surface area contributed by atoms with Crippen LogP contribution in [0.2, 0.25) is 0 Å². The molecule has 0 radical (unpaired) electrons. The van der Waals surface area contributed by atoms with E-state index in [2.05, 4.69) is 20.3 Å². The molecule has 0 spiro atoms. The van der Waals surface area contributed by atoms with Crippen LogP contribution in [0.1, 0.15) is 0 Å². The molecule has 17 heavy (non-hydrogen) atoms. The highest BCUT2D eigenvalue weighted by Gasteiger charge is 2.06. The Bertz CT molecular complexity index is 486. The molecule has 2 rings (SSSR count). The molecule has 2 N–H and O–H groups in total. The summed E-state index contributed by atoms with van der Waals surface area (Å²) < 4.78 is 4.84. The zero-order valence-electron chi connectivity index (χ0n) is 9.50. The Balaban J connectivity index is 2.13. The molecule has 0 bridgehead atoms. The van der Waals surface area contributed by atoms with E-state index < -0.39 is 6.10 Å². The average molecular weight is 234 g/mol. The van der Waals surface area contributed by atoms with Gasteiger partial charge >= 0.3 is 0 Å². The number of methoxy groups -OCH3 is 1. The fourth-order valence-corrected chi connectivity index (χ4v) is 1.50. The van der Waals surface area contributed by atoms with Gasteiger partial charge in [0.25, 0.3) is 0 Å². The SMILES string of the molecule is COCC(O)CNc1ncnc2ncccc12. The lowest BCUT2D eigenvalue weighted by molar-refractivity contribution is 0.0727. The highest BCUT2D eigenvalue weighted by atomic mass is 16.5. The number of nitrogens with zero attached hydrogens (tertiary/aromatic N) is 3. The fourth-order valence-electron chi connectivity index (χ4n) is 1.50. The monoisotopic (exact) mass is 234 g/mol. The maximum atomic E-state index is 9.54. The van der Waals surface area contributed by atoms with E-state index in [1.54, 1.807) is 13.3 Å². The molecule has 0 saturated carbocycles. The van der Waals surface area contributed by atoms with E-state index in [9.17, 15) is 5.11 Å². The van der Waals surface area contributed by atoms with Crippen LogP contribution >= 0.6 is 0 Å². The molecule has 2 heterocycles. The molecule has 0 aromatic carbocycles. The number of hydrogen-bond donors (Lipinski definition) is 2. The highest BCUT2D eigenvalue weighted by molar-refractivity contribution is 5.85. The van der Waals surface area contributed by atoms with E-state index >= 15 is 0 Å². The summed E-state index contributed by atoms with van der Waals surface area (Å²) in [5.74, 6) is 0.665. The number of aliphatic hydroxyl groups excluding tert-OH is 1. The number of rotatable bonds is 5. The van der Waals surface area contributed by atoms with E-state index in [-0.39, 0.29) is 6.61 Å². The van der Waals surface area contributed by atoms with Crippen LogP contribution in [0.4, 0.5) is 5.82 Å². The first-order valence-corrected chi connectivity index (χ1v) is 5.28. The van der Waals surface area contributed by atoms with Crippen molar-refractivity contribution in [3.63, 3.8) is 0 Å². The van der Waals surface area contributed by atoms with Crippen LogP contribution in [0.15, 0.2) is 24.7 Å². The molecule has 0 saturated heterocycles. The molecule has 2 aromatic heterocycles. The summed E-state index contributed by atoms with van der Waals surface area (Å²) in [7, 11) is 1.55. The van der Waals surface area contributed by atoms with Crippen LogP contribution in [0.5, 0.6) is 0 Å². The van der Waals surface area contributed by atoms with Gasteiger partial charge in [0.2, 0.25) is 0 Å².